The quantitative estimate of drug-likeness (QED) is 0.746. The second-order valence-electron chi connectivity index (χ2n) is 6.83. The van der Waals surface area contributed by atoms with Gasteiger partial charge in [-0.05, 0) is 61.9 Å². The van der Waals surface area contributed by atoms with Crippen LogP contribution in [0.1, 0.15) is 57.8 Å². The van der Waals surface area contributed by atoms with E-state index in [0.717, 1.165) is 31.3 Å². The molecule has 3 fully saturated rings. The summed E-state index contributed by atoms with van der Waals surface area (Å²) in [4.78, 5) is 0. The highest BCUT2D eigenvalue weighted by Gasteiger charge is 2.41. The molecule has 110 valence electrons. The standard InChI is InChI=1S/C16H28O2S/c17-15-4-2-1-3-13(11-15)14-5-8-18-16(12-14)6-9-19-10-7-16/h13-15,17H,1-12H2. The summed E-state index contributed by atoms with van der Waals surface area (Å²) in [5.41, 5.74) is 0.214. The first-order chi connectivity index (χ1) is 9.27. The van der Waals surface area contributed by atoms with Gasteiger partial charge in [-0.2, -0.15) is 11.8 Å². The predicted octanol–water partition coefficient (Wildman–Crippen LogP) is 3.62. The lowest BCUT2D eigenvalue weighted by Crippen LogP contribution is -2.44. The van der Waals surface area contributed by atoms with Gasteiger partial charge in [-0.25, -0.2) is 0 Å². The third-order valence-corrected chi connectivity index (χ3v) is 6.52. The summed E-state index contributed by atoms with van der Waals surface area (Å²) in [6.07, 6.45) is 10.9. The van der Waals surface area contributed by atoms with Gasteiger partial charge < -0.3 is 9.84 Å². The Morgan fingerprint density at radius 2 is 1.79 bits per heavy atom. The highest BCUT2D eigenvalue weighted by Crippen LogP contribution is 2.44. The van der Waals surface area contributed by atoms with E-state index < -0.39 is 0 Å². The van der Waals surface area contributed by atoms with Crippen LogP contribution in [-0.2, 0) is 4.74 Å². The molecule has 3 unspecified atom stereocenters. The average molecular weight is 284 g/mol. The molecule has 3 rings (SSSR count). The summed E-state index contributed by atoms with van der Waals surface area (Å²) >= 11 is 2.08. The molecule has 0 aromatic carbocycles. The third-order valence-electron chi connectivity index (χ3n) is 5.54. The van der Waals surface area contributed by atoms with Crippen molar-refractivity contribution in [3.05, 3.63) is 0 Å². The van der Waals surface area contributed by atoms with Crippen molar-refractivity contribution >= 4 is 11.8 Å². The summed E-state index contributed by atoms with van der Waals surface area (Å²) in [5, 5.41) is 10.1. The molecule has 0 aromatic heterocycles. The van der Waals surface area contributed by atoms with Crippen LogP contribution in [0.5, 0.6) is 0 Å². The minimum Gasteiger partial charge on any atom is -0.393 e. The smallest absolute Gasteiger partial charge is 0.0701 e. The monoisotopic (exact) mass is 284 g/mol. The molecule has 3 heteroatoms. The zero-order valence-electron chi connectivity index (χ0n) is 12.0. The number of aliphatic hydroxyl groups is 1. The maximum atomic E-state index is 10.1. The van der Waals surface area contributed by atoms with E-state index >= 15 is 0 Å². The van der Waals surface area contributed by atoms with E-state index in [0.29, 0.717) is 0 Å². The SMILES string of the molecule is OC1CCCCC(C2CCOC3(CCSCC3)C2)C1. The summed E-state index contributed by atoms with van der Waals surface area (Å²) < 4.78 is 6.21. The average Bonchev–Trinajstić information content (AvgIpc) is 2.64. The Kier molecular flexibility index (Phi) is 4.76. The maximum absolute atomic E-state index is 10.1. The van der Waals surface area contributed by atoms with Crippen LogP contribution in [0.3, 0.4) is 0 Å². The van der Waals surface area contributed by atoms with Gasteiger partial charge in [-0.1, -0.05) is 19.3 Å². The molecule has 1 N–H and O–H groups in total. The molecule has 2 aliphatic heterocycles. The van der Waals surface area contributed by atoms with Crippen molar-refractivity contribution in [3.63, 3.8) is 0 Å². The van der Waals surface area contributed by atoms with E-state index in [1.165, 1.54) is 56.5 Å². The van der Waals surface area contributed by atoms with E-state index in [9.17, 15) is 5.11 Å². The fourth-order valence-electron chi connectivity index (χ4n) is 4.36. The molecule has 2 nitrogen and oxygen atoms in total. The molecular formula is C16H28O2S. The van der Waals surface area contributed by atoms with Crippen LogP contribution >= 0.6 is 11.8 Å². The first-order valence-electron chi connectivity index (χ1n) is 8.17. The van der Waals surface area contributed by atoms with Crippen molar-refractivity contribution in [3.8, 4) is 0 Å². The Morgan fingerprint density at radius 1 is 1.00 bits per heavy atom. The Bertz CT molecular complexity index is 283. The Labute approximate surface area is 121 Å². The van der Waals surface area contributed by atoms with Gasteiger partial charge in [-0.15, -0.1) is 0 Å². The molecule has 0 bridgehead atoms. The molecule has 3 atom stereocenters. The lowest BCUT2D eigenvalue weighted by atomic mass is 9.73. The number of hydrogen-bond acceptors (Lipinski definition) is 3. The van der Waals surface area contributed by atoms with Gasteiger partial charge in [0.05, 0.1) is 11.7 Å². The first-order valence-corrected chi connectivity index (χ1v) is 9.33. The lowest BCUT2D eigenvalue weighted by molar-refractivity contribution is -0.113. The van der Waals surface area contributed by atoms with Crippen molar-refractivity contribution < 1.29 is 9.84 Å². The number of aliphatic hydroxyl groups excluding tert-OH is 1. The number of rotatable bonds is 1. The van der Waals surface area contributed by atoms with Gasteiger partial charge in [0.25, 0.3) is 0 Å². The topological polar surface area (TPSA) is 29.5 Å². The summed E-state index contributed by atoms with van der Waals surface area (Å²) in [5.74, 6) is 4.12. The van der Waals surface area contributed by atoms with E-state index in [1.54, 1.807) is 0 Å². The Balaban J connectivity index is 1.63. The normalized spacial score (nSPS) is 39.9. The van der Waals surface area contributed by atoms with Crippen LogP contribution in [-0.4, -0.2) is 34.9 Å². The van der Waals surface area contributed by atoms with Crippen LogP contribution in [0.4, 0.5) is 0 Å². The number of thioether (sulfide) groups is 1. The zero-order valence-corrected chi connectivity index (χ0v) is 12.8. The molecule has 1 spiro atoms. The van der Waals surface area contributed by atoms with E-state index in [2.05, 4.69) is 11.8 Å². The highest BCUT2D eigenvalue weighted by molar-refractivity contribution is 7.99. The zero-order chi connectivity index (χ0) is 13.1. The van der Waals surface area contributed by atoms with E-state index in [1.807, 2.05) is 0 Å². The largest absolute Gasteiger partial charge is 0.393 e. The molecule has 0 radical (unpaired) electrons. The minimum atomic E-state index is -0.0341. The van der Waals surface area contributed by atoms with E-state index in [-0.39, 0.29) is 11.7 Å². The van der Waals surface area contributed by atoms with Gasteiger partial charge in [0, 0.05) is 6.61 Å². The van der Waals surface area contributed by atoms with Crippen molar-refractivity contribution in [1.29, 1.82) is 0 Å². The van der Waals surface area contributed by atoms with Crippen LogP contribution in [0.25, 0.3) is 0 Å². The Hall–Kier alpha value is 0.270. The van der Waals surface area contributed by atoms with Gasteiger partial charge in [-0.3, -0.25) is 0 Å². The van der Waals surface area contributed by atoms with Crippen LogP contribution in [0.2, 0.25) is 0 Å². The van der Waals surface area contributed by atoms with Gasteiger partial charge >= 0.3 is 0 Å². The highest BCUT2D eigenvalue weighted by atomic mass is 32.2. The lowest BCUT2D eigenvalue weighted by Gasteiger charge is -2.45. The molecule has 2 saturated heterocycles. The van der Waals surface area contributed by atoms with Gasteiger partial charge in [0.2, 0.25) is 0 Å². The van der Waals surface area contributed by atoms with Gasteiger partial charge in [0.1, 0.15) is 0 Å². The van der Waals surface area contributed by atoms with Crippen molar-refractivity contribution in [1.82, 2.24) is 0 Å². The summed E-state index contributed by atoms with van der Waals surface area (Å²) in [6.45, 7) is 0.960. The fraction of sp³-hybridized carbons (Fsp3) is 1.00. The van der Waals surface area contributed by atoms with Crippen molar-refractivity contribution in [2.75, 3.05) is 18.1 Å². The predicted molar refractivity (Wildman–Crippen MR) is 80.5 cm³/mol. The van der Waals surface area contributed by atoms with Gasteiger partial charge in [0.15, 0.2) is 0 Å². The molecule has 19 heavy (non-hydrogen) atoms. The molecule has 1 aliphatic carbocycles. The Morgan fingerprint density at radius 3 is 2.63 bits per heavy atom. The van der Waals surface area contributed by atoms with Crippen molar-refractivity contribution in [2.45, 2.75) is 69.5 Å². The second kappa shape index (κ2) is 6.36. The number of hydrogen-bond donors (Lipinski definition) is 1. The van der Waals surface area contributed by atoms with Crippen LogP contribution in [0, 0.1) is 11.8 Å². The molecule has 2 heterocycles. The maximum Gasteiger partial charge on any atom is 0.0701 e. The third kappa shape index (κ3) is 3.48. The summed E-state index contributed by atoms with van der Waals surface area (Å²) in [6, 6.07) is 0. The molecule has 3 aliphatic rings. The van der Waals surface area contributed by atoms with Crippen LogP contribution in [0.15, 0.2) is 0 Å². The first kappa shape index (κ1) is 14.2. The molecule has 1 saturated carbocycles. The second-order valence-corrected chi connectivity index (χ2v) is 8.06. The van der Waals surface area contributed by atoms with E-state index in [4.69, 9.17) is 4.74 Å². The molecular weight excluding hydrogens is 256 g/mol. The summed E-state index contributed by atoms with van der Waals surface area (Å²) in [7, 11) is 0. The minimum absolute atomic E-state index is 0.0341. The number of ether oxygens (including phenoxy) is 1. The molecule has 0 amide bonds. The van der Waals surface area contributed by atoms with Crippen molar-refractivity contribution in [2.24, 2.45) is 11.8 Å². The molecule has 0 aromatic rings. The fourth-order valence-corrected chi connectivity index (χ4v) is 5.60. The van der Waals surface area contributed by atoms with Crippen LogP contribution < -0.4 is 0 Å².